The van der Waals surface area contributed by atoms with Crippen LogP contribution in [0.1, 0.15) is 79.0 Å². The van der Waals surface area contributed by atoms with Gasteiger partial charge < -0.3 is 4.74 Å². The van der Waals surface area contributed by atoms with Crippen molar-refractivity contribution in [3.05, 3.63) is 65.4 Å². The molecule has 0 spiro atoms. The van der Waals surface area contributed by atoms with E-state index in [9.17, 15) is 0 Å². The highest BCUT2D eigenvalue weighted by atomic mass is 16.5. The third kappa shape index (κ3) is 5.01. The van der Waals surface area contributed by atoms with Gasteiger partial charge in [-0.05, 0) is 81.0 Å². The first-order chi connectivity index (χ1) is 16.7. The fraction of sp³-hybridized carbons (Fsp3) is 0.441. The Hall–Kier alpha value is -2.87. The molecule has 0 saturated heterocycles. The van der Waals surface area contributed by atoms with Gasteiger partial charge in [-0.2, -0.15) is 0 Å². The molecule has 0 N–H and O–H groups in total. The predicted molar refractivity (Wildman–Crippen MR) is 154 cm³/mol. The Bertz CT molecular complexity index is 1470. The molecule has 4 aromatic rings. The van der Waals surface area contributed by atoms with Crippen LogP contribution in [0.15, 0.2) is 48.7 Å². The number of hydrogen-bond acceptors (Lipinski definition) is 2. The Morgan fingerprint density at radius 2 is 1.33 bits per heavy atom. The maximum absolute atomic E-state index is 6.89. The van der Waals surface area contributed by atoms with Gasteiger partial charge in [0.15, 0.2) is 0 Å². The van der Waals surface area contributed by atoms with Gasteiger partial charge in [0.05, 0.1) is 11.1 Å². The third-order valence-electron chi connectivity index (χ3n) is 6.79. The predicted octanol–water partition coefficient (Wildman–Crippen LogP) is 9.93. The summed E-state index contributed by atoms with van der Waals surface area (Å²) in [5, 5.41) is 4.92. The van der Waals surface area contributed by atoms with Crippen molar-refractivity contribution in [1.29, 1.82) is 0 Å². The van der Waals surface area contributed by atoms with Gasteiger partial charge >= 0.3 is 0 Å². The summed E-state index contributed by atoms with van der Waals surface area (Å²) in [7, 11) is 0. The third-order valence-corrected chi connectivity index (χ3v) is 6.79. The smallest absolute Gasteiger partial charge is 0.140 e. The maximum atomic E-state index is 6.89. The average Bonchev–Trinajstić information content (AvgIpc) is 2.71. The van der Waals surface area contributed by atoms with Crippen molar-refractivity contribution < 1.29 is 4.74 Å². The zero-order valence-electron chi connectivity index (χ0n) is 23.6. The van der Waals surface area contributed by atoms with Gasteiger partial charge in [0, 0.05) is 17.3 Å². The number of rotatable bonds is 3. The molecule has 188 valence electrons. The maximum Gasteiger partial charge on any atom is 0.140 e. The molecule has 1 aromatic heterocycles. The molecule has 0 fully saturated rings. The SMILES string of the molecule is CC(C)(C)Cc1cc2c3c(nccc3c1)-c1cc3ccc(CC(C)(C)C)cc3c(CC(C)(C)C)c1O2. The largest absolute Gasteiger partial charge is 0.456 e. The molecule has 2 nitrogen and oxygen atoms in total. The molecule has 0 saturated carbocycles. The highest BCUT2D eigenvalue weighted by Gasteiger charge is 2.28. The number of fused-ring (bicyclic) bond motifs is 3. The molecular weight excluding hydrogens is 438 g/mol. The van der Waals surface area contributed by atoms with Crippen LogP contribution in [0, 0.1) is 16.2 Å². The minimum Gasteiger partial charge on any atom is -0.456 e. The molecule has 0 aliphatic carbocycles. The zero-order chi connectivity index (χ0) is 26.0. The van der Waals surface area contributed by atoms with Crippen LogP contribution in [0.25, 0.3) is 32.8 Å². The standard InChI is InChI=1S/C34H41NO/c1-32(2,3)18-21-10-11-23-17-26-30-29-24(12-13-35-30)14-22(19-33(4,5)6)16-28(29)36-31(26)27(25(23)15-21)20-34(7,8)9/h10-17H,18-20H2,1-9H3. The summed E-state index contributed by atoms with van der Waals surface area (Å²) in [5.74, 6) is 1.94. The molecule has 3 aromatic carbocycles. The first kappa shape index (κ1) is 24.8. The van der Waals surface area contributed by atoms with Crippen LogP contribution in [0.3, 0.4) is 0 Å². The van der Waals surface area contributed by atoms with Gasteiger partial charge in [-0.25, -0.2) is 0 Å². The van der Waals surface area contributed by atoms with Crippen molar-refractivity contribution in [3.63, 3.8) is 0 Å². The lowest BCUT2D eigenvalue weighted by Gasteiger charge is -2.28. The van der Waals surface area contributed by atoms with Crippen LogP contribution in [0.4, 0.5) is 0 Å². The van der Waals surface area contributed by atoms with Crippen molar-refractivity contribution in [3.8, 4) is 22.8 Å². The summed E-state index contributed by atoms with van der Waals surface area (Å²) < 4.78 is 6.89. The van der Waals surface area contributed by atoms with Gasteiger partial charge in [-0.3, -0.25) is 4.98 Å². The second-order valence-electron chi connectivity index (χ2n) is 14.5. The van der Waals surface area contributed by atoms with Gasteiger partial charge in [-0.15, -0.1) is 0 Å². The Labute approximate surface area is 217 Å². The van der Waals surface area contributed by atoms with Crippen molar-refractivity contribution in [1.82, 2.24) is 4.98 Å². The van der Waals surface area contributed by atoms with Gasteiger partial charge in [0.2, 0.25) is 0 Å². The minimum absolute atomic E-state index is 0.124. The summed E-state index contributed by atoms with van der Waals surface area (Å²) in [4.78, 5) is 4.91. The van der Waals surface area contributed by atoms with Crippen molar-refractivity contribution in [2.75, 3.05) is 0 Å². The fourth-order valence-corrected chi connectivity index (χ4v) is 5.66. The lowest BCUT2D eigenvalue weighted by molar-refractivity contribution is 0.398. The second kappa shape index (κ2) is 8.33. The minimum atomic E-state index is 0.124. The van der Waals surface area contributed by atoms with Crippen LogP contribution in [0.2, 0.25) is 0 Å². The van der Waals surface area contributed by atoms with E-state index >= 15 is 0 Å². The average molecular weight is 480 g/mol. The van der Waals surface area contributed by atoms with Gasteiger partial charge in [0.1, 0.15) is 11.5 Å². The number of aromatic nitrogens is 1. The lowest BCUT2D eigenvalue weighted by atomic mass is 9.82. The first-order valence-electron chi connectivity index (χ1n) is 13.4. The molecule has 1 aliphatic heterocycles. The van der Waals surface area contributed by atoms with E-state index in [2.05, 4.69) is 105 Å². The summed E-state index contributed by atoms with van der Waals surface area (Å²) in [5.41, 5.74) is 6.74. The number of ether oxygens (including phenoxy) is 1. The summed E-state index contributed by atoms with van der Waals surface area (Å²) in [6.45, 7) is 20.7. The van der Waals surface area contributed by atoms with E-state index in [-0.39, 0.29) is 16.2 Å². The molecule has 0 unspecified atom stereocenters. The van der Waals surface area contributed by atoms with Crippen LogP contribution in [-0.4, -0.2) is 4.98 Å². The Kier molecular flexibility index (Phi) is 5.74. The van der Waals surface area contributed by atoms with E-state index in [1.54, 1.807) is 0 Å². The van der Waals surface area contributed by atoms with E-state index in [1.807, 2.05) is 6.20 Å². The highest BCUT2D eigenvalue weighted by molar-refractivity contribution is 6.06. The van der Waals surface area contributed by atoms with Crippen molar-refractivity contribution in [2.45, 2.75) is 81.6 Å². The van der Waals surface area contributed by atoms with Gasteiger partial charge in [-0.1, -0.05) is 86.6 Å². The molecule has 0 atom stereocenters. The van der Waals surface area contributed by atoms with Gasteiger partial charge in [0.25, 0.3) is 0 Å². The Morgan fingerprint density at radius 1 is 0.667 bits per heavy atom. The highest BCUT2D eigenvalue weighted by Crippen LogP contribution is 2.50. The van der Waals surface area contributed by atoms with Crippen LogP contribution in [0.5, 0.6) is 11.5 Å². The summed E-state index contributed by atoms with van der Waals surface area (Å²) in [6, 6.07) is 16.0. The molecule has 0 radical (unpaired) electrons. The van der Waals surface area contributed by atoms with E-state index in [0.29, 0.717) is 0 Å². The number of nitrogens with zero attached hydrogens (tertiary/aromatic N) is 1. The molecule has 0 bridgehead atoms. The second-order valence-corrected chi connectivity index (χ2v) is 14.5. The number of pyridine rings is 1. The molecule has 36 heavy (non-hydrogen) atoms. The molecular formula is C34H41NO. The van der Waals surface area contributed by atoms with Crippen LogP contribution < -0.4 is 4.74 Å². The molecule has 1 aliphatic rings. The molecule has 5 rings (SSSR count). The zero-order valence-corrected chi connectivity index (χ0v) is 23.6. The monoisotopic (exact) mass is 479 g/mol. The van der Waals surface area contributed by atoms with Crippen molar-refractivity contribution in [2.24, 2.45) is 16.2 Å². The topological polar surface area (TPSA) is 22.1 Å². The van der Waals surface area contributed by atoms with Crippen LogP contribution >= 0.6 is 0 Å². The fourth-order valence-electron chi connectivity index (χ4n) is 5.66. The molecule has 0 amide bonds. The number of hydrogen-bond donors (Lipinski definition) is 0. The van der Waals surface area contributed by atoms with Crippen LogP contribution in [-0.2, 0) is 19.3 Å². The Balaban J connectivity index is 1.77. The summed E-state index contributed by atoms with van der Waals surface area (Å²) in [6.07, 6.45) is 4.96. The van der Waals surface area contributed by atoms with E-state index in [1.165, 1.54) is 32.8 Å². The summed E-state index contributed by atoms with van der Waals surface area (Å²) >= 11 is 0. The quantitative estimate of drug-likeness (QED) is 0.257. The number of benzene rings is 3. The van der Waals surface area contributed by atoms with Crippen molar-refractivity contribution >= 4 is 21.5 Å². The van der Waals surface area contributed by atoms with E-state index < -0.39 is 0 Å². The molecule has 2 heteroatoms. The van der Waals surface area contributed by atoms with E-state index in [4.69, 9.17) is 9.72 Å². The molecule has 2 heterocycles. The Morgan fingerprint density at radius 3 is 2.00 bits per heavy atom. The first-order valence-corrected chi connectivity index (χ1v) is 13.4. The van der Waals surface area contributed by atoms with E-state index in [0.717, 1.165) is 47.4 Å². The lowest BCUT2D eigenvalue weighted by Crippen LogP contribution is -2.13. The normalized spacial score (nSPS) is 13.7.